The third-order valence-corrected chi connectivity index (χ3v) is 4.32. The lowest BCUT2D eigenvalue weighted by molar-refractivity contribution is 0.0870. The van der Waals surface area contributed by atoms with Gasteiger partial charge in [-0.05, 0) is 18.2 Å². The van der Waals surface area contributed by atoms with Gasteiger partial charge in [-0.1, -0.05) is 11.6 Å². The van der Waals surface area contributed by atoms with E-state index in [-0.39, 0.29) is 6.10 Å². The lowest BCUT2D eigenvalue weighted by Crippen LogP contribution is -2.41. The molecule has 1 aromatic carbocycles. The zero-order valence-corrected chi connectivity index (χ0v) is 14.5. The Morgan fingerprint density at radius 1 is 1.35 bits per heavy atom. The molecule has 0 unspecified atom stereocenters. The van der Waals surface area contributed by atoms with Crippen molar-refractivity contribution >= 4 is 29.2 Å². The normalized spacial score (nSPS) is 14.5. The van der Waals surface area contributed by atoms with Crippen molar-refractivity contribution in [1.29, 1.82) is 5.26 Å². The summed E-state index contributed by atoms with van der Waals surface area (Å²) < 4.78 is 5.84. The summed E-state index contributed by atoms with van der Waals surface area (Å²) in [7, 11) is 0. The predicted octanol–water partition coefficient (Wildman–Crippen LogP) is 3.27. The van der Waals surface area contributed by atoms with Crippen molar-refractivity contribution in [3.63, 3.8) is 0 Å². The fourth-order valence-corrected chi connectivity index (χ4v) is 2.86. The summed E-state index contributed by atoms with van der Waals surface area (Å²) in [6.07, 6.45) is 1.62. The van der Waals surface area contributed by atoms with E-state index in [1.807, 2.05) is 6.07 Å². The molecule has 0 radical (unpaired) electrons. The Morgan fingerprint density at radius 2 is 2.12 bits per heavy atom. The zero-order valence-electron chi connectivity index (χ0n) is 13.7. The second kappa shape index (κ2) is 7.89. The molecule has 1 aromatic heterocycles. The van der Waals surface area contributed by atoms with Crippen molar-refractivity contribution in [3.8, 4) is 11.9 Å². The van der Waals surface area contributed by atoms with Gasteiger partial charge in [0.05, 0.1) is 10.6 Å². The summed E-state index contributed by atoms with van der Waals surface area (Å²) in [5, 5.41) is 21.3. The average molecular weight is 374 g/mol. The van der Waals surface area contributed by atoms with Gasteiger partial charge in [0, 0.05) is 37.7 Å². The van der Waals surface area contributed by atoms with Gasteiger partial charge in [0.25, 0.3) is 0 Å². The van der Waals surface area contributed by atoms with Crippen molar-refractivity contribution in [2.75, 3.05) is 18.4 Å². The molecule has 2 N–H and O–H groups in total. The minimum absolute atomic E-state index is 0.0855. The summed E-state index contributed by atoms with van der Waals surface area (Å²) in [5.41, 5.74) is 1.09. The standard InChI is InChI=1S/C17H16ClN5O3/c18-14-7-12(2-1-11(14)9-19)22-15-8-16(21-10-20-15)26-13-3-5-23(6-4-13)17(24)25/h1-2,7-8,10,13H,3-6H2,(H,24,25)(H,20,21,22). The van der Waals surface area contributed by atoms with Gasteiger partial charge in [-0.2, -0.15) is 5.26 Å². The predicted molar refractivity (Wildman–Crippen MR) is 94.7 cm³/mol. The number of nitriles is 1. The molecule has 0 atom stereocenters. The number of carbonyl (C=O) groups is 1. The maximum absolute atomic E-state index is 10.9. The smallest absolute Gasteiger partial charge is 0.407 e. The first-order valence-electron chi connectivity index (χ1n) is 7.98. The second-order valence-electron chi connectivity index (χ2n) is 5.76. The molecule has 9 heteroatoms. The first-order chi connectivity index (χ1) is 12.5. The van der Waals surface area contributed by atoms with Crippen molar-refractivity contribution in [1.82, 2.24) is 14.9 Å². The highest BCUT2D eigenvalue weighted by Gasteiger charge is 2.23. The number of amides is 1. The monoisotopic (exact) mass is 373 g/mol. The van der Waals surface area contributed by atoms with E-state index in [0.717, 1.165) is 0 Å². The number of carboxylic acid groups (broad SMARTS) is 1. The summed E-state index contributed by atoms with van der Waals surface area (Å²) in [5.74, 6) is 0.940. The molecule has 0 spiro atoms. The molecule has 1 amide bonds. The largest absolute Gasteiger partial charge is 0.474 e. The van der Waals surface area contributed by atoms with Crippen LogP contribution in [0.1, 0.15) is 18.4 Å². The van der Waals surface area contributed by atoms with Crippen LogP contribution in [0, 0.1) is 11.3 Å². The van der Waals surface area contributed by atoms with E-state index in [1.165, 1.54) is 11.2 Å². The summed E-state index contributed by atoms with van der Waals surface area (Å²) >= 11 is 6.02. The van der Waals surface area contributed by atoms with Crippen molar-refractivity contribution in [2.24, 2.45) is 0 Å². The molecule has 1 aliphatic rings. The summed E-state index contributed by atoms with van der Waals surface area (Å²) in [6.45, 7) is 0.889. The Bertz CT molecular complexity index is 847. The molecule has 2 heterocycles. The molecular weight excluding hydrogens is 358 g/mol. The SMILES string of the molecule is N#Cc1ccc(Nc2cc(OC3CCN(C(=O)O)CC3)ncn2)cc1Cl. The fraction of sp³-hybridized carbons (Fsp3) is 0.294. The number of aromatic nitrogens is 2. The van der Waals surface area contributed by atoms with Gasteiger partial charge >= 0.3 is 6.09 Å². The Hall–Kier alpha value is -3.05. The summed E-state index contributed by atoms with van der Waals surface area (Å²) in [6, 6.07) is 8.67. The van der Waals surface area contributed by atoms with E-state index < -0.39 is 6.09 Å². The number of hydrogen-bond acceptors (Lipinski definition) is 6. The maximum Gasteiger partial charge on any atom is 0.407 e. The van der Waals surface area contributed by atoms with E-state index in [1.54, 1.807) is 24.3 Å². The quantitative estimate of drug-likeness (QED) is 0.845. The Labute approximate surface area is 155 Å². The number of hydrogen-bond donors (Lipinski definition) is 2. The van der Waals surface area contributed by atoms with Gasteiger partial charge < -0.3 is 20.1 Å². The average Bonchev–Trinajstić information content (AvgIpc) is 2.63. The molecule has 3 rings (SSSR count). The highest BCUT2D eigenvalue weighted by Crippen LogP contribution is 2.24. The van der Waals surface area contributed by atoms with E-state index in [9.17, 15) is 4.79 Å². The Balaban J connectivity index is 1.63. The van der Waals surface area contributed by atoms with Crippen molar-refractivity contribution < 1.29 is 14.6 Å². The topological polar surface area (TPSA) is 111 Å². The van der Waals surface area contributed by atoms with Crippen molar-refractivity contribution in [2.45, 2.75) is 18.9 Å². The molecule has 1 aliphatic heterocycles. The van der Waals surface area contributed by atoms with Crippen LogP contribution in [0.15, 0.2) is 30.6 Å². The minimum atomic E-state index is -0.905. The minimum Gasteiger partial charge on any atom is -0.474 e. The number of nitrogens with zero attached hydrogens (tertiary/aromatic N) is 4. The first-order valence-corrected chi connectivity index (χ1v) is 8.36. The lowest BCUT2D eigenvalue weighted by atomic mass is 10.1. The van der Waals surface area contributed by atoms with Crippen LogP contribution in [0.2, 0.25) is 5.02 Å². The highest BCUT2D eigenvalue weighted by molar-refractivity contribution is 6.32. The van der Waals surface area contributed by atoms with Gasteiger partial charge in [0.2, 0.25) is 5.88 Å². The molecule has 0 aliphatic carbocycles. The number of piperidine rings is 1. The summed E-state index contributed by atoms with van der Waals surface area (Å²) in [4.78, 5) is 20.5. The number of anilines is 2. The molecule has 8 nitrogen and oxygen atoms in total. The van der Waals surface area contributed by atoms with Crippen LogP contribution in [0.5, 0.6) is 5.88 Å². The molecule has 1 saturated heterocycles. The van der Waals surface area contributed by atoms with Gasteiger partial charge in [-0.15, -0.1) is 0 Å². The van der Waals surface area contributed by atoms with Gasteiger partial charge in [0.15, 0.2) is 0 Å². The van der Waals surface area contributed by atoms with Crippen LogP contribution < -0.4 is 10.1 Å². The first kappa shape index (κ1) is 17.8. The number of halogens is 1. The van der Waals surface area contributed by atoms with Crippen LogP contribution in [0.4, 0.5) is 16.3 Å². The number of rotatable bonds is 4. The molecule has 134 valence electrons. The van der Waals surface area contributed by atoms with Gasteiger partial charge in [0.1, 0.15) is 24.3 Å². The Kier molecular flexibility index (Phi) is 5.39. The van der Waals surface area contributed by atoms with Crippen LogP contribution >= 0.6 is 11.6 Å². The molecule has 26 heavy (non-hydrogen) atoms. The number of nitrogens with one attached hydrogen (secondary N) is 1. The lowest BCUT2D eigenvalue weighted by Gasteiger charge is -2.29. The third-order valence-electron chi connectivity index (χ3n) is 4.00. The third kappa shape index (κ3) is 4.32. The molecule has 0 bridgehead atoms. The van der Waals surface area contributed by atoms with Crippen LogP contribution in [-0.4, -0.2) is 45.3 Å². The van der Waals surface area contributed by atoms with E-state index >= 15 is 0 Å². The van der Waals surface area contributed by atoms with Crippen LogP contribution in [0.25, 0.3) is 0 Å². The zero-order chi connectivity index (χ0) is 18.5. The number of benzene rings is 1. The van der Waals surface area contributed by atoms with Crippen molar-refractivity contribution in [3.05, 3.63) is 41.2 Å². The molecule has 2 aromatic rings. The maximum atomic E-state index is 10.9. The number of ether oxygens (including phenoxy) is 1. The highest BCUT2D eigenvalue weighted by atomic mass is 35.5. The molecular formula is C17H16ClN5O3. The van der Waals surface area contributed by atoms with Gasteiger partial charge in [-0.25, -0.2) is 14.8 Å². The van der Waals surface area contributed by atoms with Crippen LogP contribution in [0.3, 0.4) is 0 Å². The van der Waals surface area contributed by atoms with Crippen LogP contribution in [-0.2, 0) is 0 Å². The second-order valence-corrected chi connectivity index (χ2v) is 6.17. The number of likely N-dealkylation sites (tertiary alicyclic amines) is 1. The van der Waals surface area contributed by atoms with E-state index in [2.05, 4.69) is 15.3 Å². The van der Waals surface area contributed by atoms with E-state index in [4.69, 9.17) is 26.7 Å². The Morgan fingerprint density at radius 3 is 2.77 bits per heavy atom. The molecule has 1 fully saturated rings. The van der Waals surface area contributed by atoms with E-state index in [0.29, 0.717) is 53.9 Å². The van der Waals surface area contributed by atoms with Gasteiger partial charge in [-0.3, -0.25) is 0 Å². The molecule has 0 saturated carbocycles. The fourth-order valence-electron chi connectivity index (χ4n) is 2.64.